The third-order valence-electron chi connectivity index (χ3n) is 5.43. The number of benzene rings is 1. The van der Waals surface area contributed by atoms with Crippen LogP contribution in [0.25, 0.3) is 11.0 Å². The van der Waals surface area contributed by atoms with E-state index in [1.807, 2.05) is 0 Å². The summed E-state index contributed by atoms with van der Waals surface area (Å²) < 4.78 is 16.6. The van der Waals surface area contributed by atoms with Gasteiger partial charge in [-0.1, -0.05) is 0 Å². The van der Waals surface area contributed by atoms with Crippen LogP contribution in [0.4, 0.5) is 0 Å². The van der Waals surface area contributed by atoms with Crippen LogP contribution in [0.1, 0.15) is 23.1 Å². The Bertz CT molecular complexity index is 918. The first-order valence-corrected chi connectivity index (χ1v) is 8.97. The first-order chi connectivity index (χ1) is 12.9. The van der Waals surface area contributed by atoms with Crippen molar-refractivity contribution in [1.29, 1.82) is 0 Å². The van der Waals surface area contributed by atoms with E-state index in [2.05, 4.69) is 0 Å². The number of hydrogen-bond donors (Lipinski definition) is 4. The smallest absolute Gasteiger partial charge is 0.339 e. The molecule has 1 fully saturated rings. The molecule has 1 aromatic carbocycles. The van der Waals surface area contributed by atoms with E-state index in [1.165, 1.54) is 0 Å². The van der Waals surface area contributed by atoms with Crippen molar-refractivity contribution in [3.63, 3.8) is 0 Å². The number of rotatable bonds is 3. The summed E-state index contributed by atoms with van der Waals surface area (Å²) in [7, 11) is 0. The molecule has 4 N–H and O–H groups in total. The van der Waals surface area contributed by atoms with Crippen molar-refractivity contribution < 1.29 is 34.3 Å². The normalized spacial score (nSPS) is 30.5. The van der Waals surface area contributed by atoms with Crippen molar-refractivity contribution in [1.82, 2.24) is 0 Å². The van der Waals surface area contributed by atoms with Gasteiger partial charge in [0.15, 0.2) is 0 Å². The molecule has 0 amide bonds. The monoisotopic (exact) mass is 378 g/mol. The molecular formula is C19H22O8. The number of aliphatic hydroxyl groups excluding tert-OH is 4. The van der Waals surface area contributed by atoms with Crippen molar-refractivity contribution in [2.45, 2.75) is 56.9 Å². The Hall–Kier alpha value is -1.97. The van der Waals surface area contributed by atoms with Crippen molar-refractivity contribution >= 4 is 11.0 Å². The standard InChI is InChI=1S/C19H22O8/c1-8-12(25-19-16(23)15(22)14(21)13(7-20)26-19)6-5-10-9-3-2-4-11(9)18(24)27-17(8)10/h5-6,13-16,19-23H,2-4,7H2,1H3. The van der Waals surface area contributed by atoms with Gasteiger partial charge >= 0.3 is 5.63 Å². The molecule has 4 rings (SSSR count). The van der Waals surface area contributed by atoms with Gasteiger partial charge in [0.25, 0.3) is 0 Å². The van der Waals surface area contributed by atoms with E-state index in [-0.39, 0.29) is 5.63 Å². The molecule has 0 saturated carbocycles. The zero-order valence-electron chi connectivity index (χ0n) is 14.8. The SMILES string of the molecule is Cc1c(OC2OC(CO)C(O)C(O)C2O)ccc2c3c(c(=O)oc12)CCC3. The highest BCUT2D eigenvalue weighted by Crippen LogP contribution is 2.34. The predicted molar refractivity (Wildman–Crippen MR) is 93.6 cm³/mol. The molecule has 1 aliphatic heterocycles. The lowest BCUT2D eigenvalue weighted by Crippen LogP contribution is -2.60. The molecule has 2 heterocycles. The Kier molecular flexibility index (Phi) is 4.69. The summed E-state index contributed by atoms with van der Waals surface area (Å²) in [6, 6.07) is 3.49. The molecule has 2 aliphatic rings. The molecule has 5 atom stereocenters. The van der Waals surface area contributed by atoms with E-state index in [1.54, 1.807) is 19.1 Å². The van der Waals surface area contributed by atoms with Gasteiger partial charge in [0.05, 0.1) is 6.61 Å². The van der Waals surface area contributed by atoms with E-state index in [4.69, 9.17) is 13.9 Å². The number of hydrogen-bond acceptors (Lipinski definition) is 8. The number of ether oxygens (including phenoxy) is 2. The van der Waals surface area contributed by atoms with E-state index in [0.29, 0.717) is 16.9 Å². The molecular weight excluding hydrogens is 356 g/mol. The molecule has 27 heavy (non-hydrogen) atoms. The number of aliphatic hydroxyl groups is 4. The quantitative estimate of drug-likeness (QED) is 0.539. The van der Waals surface area contributed by atoms with Crippen LogP contribution in [0.15, 0.2) is 21.3 Å². The minimum absolute atomic E-state index is 0.313. The summed E-state index contributed by atoms with van der Waals surface area (Å²) in [5, 5.41) is 40.0. The van der Waals surface area contributed by atoms with E-state index in [0.717, 1.165) is 35.8 Å². The first-order valence-electron chi connectivity index (χ1n) is 8.97. The Morgan fingerprint density at radius 3 is 2.59 bits per heavy atom. The fourth-order valence-electron chi connectivity index (χ4n) is 3.88. The van der Waals surface area contributed by atoms with Crippen LogP contribution < -0.4 is 10.4 Å². The van der Waals surface area contributed by atoms with Crippen LogP contribution in [0.5, 0.6) is 5.75 Å². The maximum absolute atomic E-state index is 12.2. The van der Waals surface area contributed by atoms with Crippen LogP contribution >= 0.6 is 0 Å². The van der Waals surface area contributed by atoms with Gasteiger partial charge < -0.3 is 34.3 Å². The van der Waals surface area contributed by atoms with Crippen LogP contribution in [0, 0.1) is 6.92 Å². The molecule has 0 spiro atoms. The Morgan fingerprint density at radius 1 is 1.11 bits per heavy atom. The van der Waals surface area contributed by atoms with Gasteiger partial charge in [-0.2, -0.15) is 0 Å². The van der Waals surface area contributed by atoms with Crippen molar-refractivity contribution in [2.75, 3.05) is 6.61 Å². The molecule has 0 radical (unpaired) electrons. The molecule has 2 aromatic rings. The molecule has 1 saturated heterocycles. The van der Waals surface area contributed by atoms with Crippen LogP contribution in [0.3, 0.4) is 0 Å². The topological polar surface area (TPSA) is 130 Å². The zero-order chi connectivity index (χ0) is 19.3. The third kappa shape index (κ3) is 2.94. The molecule has 5 unspecified atom stereocenters. The number of fused-ring (bicyclic) bond motifs is 3. The van der Waals surface area contributed by atoms with E-state index < -0.39 is 37.3 Å². The second kappa shape index (κ2) is 6.88. The number of aryl methyl sites for hydroxylation is 2. The maximum atomic E-state index is 12.2. The summed E-state index contributed by atoms with van der Waals surface area (Å²) in [5.74, 6) is 0.313. The van der Waals surface area contributed by atoms with Gasteiger partial charge in [-0.05, 0) is 43.9 Å². The fraction of sp³-hybridized carbons (Fsp3) is 0.526. The molecule has 1 aromatic heterocycles. The van der Waals surface area contributed by atoms with Gasteiger partial charge in [-0.15, -0.1) is 0 Å². The summed E-state index contributed by atoms with van der Waals surface area (Å²) in [6.45, 7) is 1.19. The van der Waals surface area contributed by atoms with Gasteiger partial charge in [0.2, 0.25) is 6.29 Å². The first kappa shape index (κ1) is 18.4. The zero-order valence-corrected chi connectivity index (χ0v) is 14.8. The highest BCUT2D eigenvalue weighted by atomic mass is 16.7. The fourth-order valence-corrected chi connectivity index (χ4v) is 3.88. The molecule has 1 aliphatic carbocycles. The average Bonchev–Trinajstić information content (AvgIpc) is 3.15. The summed E-state index contributed by atoms with van der Waals surface area (Å²) in [6.07, 6.45) is -4.38. The van der Waals surface area contributed by atoms with Crippen molar-refractivity contribution in [3.8, 4) is 5.75 Å². The molecule has 0 bridgehead atoms. The predicted octanol–water partition coefficient (Wildman–Crippen LogP) is -0.231. The summed E-state index contributed by atoms with van der Waals surface area (Å²) in [4.78, 5) is 12.2. The molecule has 8 heteroatoms. The summed E-state index contributed by atoms with van der Waals surface area (Å²) in [5.41, 5.74) is 2.37. The van der Waals surface area contributed by atoms with E-state index in [9.17, 15) is 25.2 Å². The second-order valence-corrected chi connectivity index (χ2v) is 7.08. The van der Waals surface area contributed by atoms with E-state index >= 15 is 0 Å². The summed E-state index contributed by atoms with van der Waals surface area (Å²) >= 11 is 0. The highest BCUT2D eigenvalue weighted by molar-refractivity contribution is 5.86. The second-order valence-electron chi connectivity index (χ2n) is 7.08. The van der Waals surface area contributed by atoms with Gasteiger partial charge in [-0.25, -0.2) is 4.79 Å². The van der Waals surface area contributed by atoms with Crippen LogP contribution in [-0.2, 0) is 17.6 Å². The van der Waals surface area contributed by atoms with Crippen molar-refractivity contribution in [2.24, 2.45) is 0 Å². The van der Waals surface area contributed by atoms with Crippen LogP contribution in [-0.4, -0.2) is 57.7 Å². The highest BCUT2D eigenvalue weighted by Gasteiger charge is 2.44. The lowest BCUT2D eigenvalue weighted by molar-refractivity contribution is -0.277. The average molecular weight is 378 g/mol. The minimum Gasteiger partial charge on any atom is -0.462 e. The van der Waals surface area contributed by atoms with Gasteiger partial charge in [0.1, 0.15) is 35.7 Å². The van der Waals surface area contributed by atoms with Crippen molar-refractivity contribution in [3.05, 3.63) is 39.2 Å². The molecule has 8 nitrogen and oxygen atoms in total. The Labute approximate surface area is 154 Å². The minimum atomic E-state index is -1.53. The lowest BCUT2D eigenvalue weighted by Gasteiger charge is -2.39. The molecule has 146 valence electrons. The van der Waals surface area contributed by atoms with Gasteiger partial charge in [0, 0.05) is 16.5 Å². The lowest BCUT2D eigenvalue weighted by atomic mass is 9.99. The van der Waals surface area contributed by atoms with Gasteiger partial charge in [-0.3, -0.25) is 0 Å². The maximum Gasteiger partial charge on any atom is 0.339 e. The Morgan fingerprint density at radius 2 is 1.85 bits per heavy atom. The Balaban J connectivity index is 1.70. The van der Waals surface area contributed by atoms with Crippen LogP contribution in [0.2, 0.25) is 0 Å². The largest absolute Gasteiger partial charge is 0.462 e. The third-order valence-corrected chi connectivity index (χ3v) is 5.43.